The smallest absolute Gasteiger partial charge is 0.191 e. The maximum atomic E-state index is 5.95. The van der Waals surface area contributed by atoms with E-state index in [1.807, 2.05) is 41.1 Å². The summed E-state index contributed by atoms with van der Waals surface area (Å²) in [5.41, 5.74) is 0. The fourth-order valence-corrected chi connectivity index (χ4v) is 4.20. The molecule has 1 aromatic carbocycles. The van der Waals surface area contributed by atoms with Gasteiger partial charge in [0, 0.05) is 47.6 Å². The second-order valence-electron chi connectivity index (χ2n) is 7.03. The van der Waals surface area contributed by atoms with Crippen LogP contribution < -0.4 is 10.6 Å². The summed E-state index contributed by atoms with van der Waals surface area (Å²) in [7, 11) is 0. The van der Waals surface area contributed by atoms with Gasteiger partial charge in [-0.3, -0.25) is 4.99 Å². The van der Waals surface area contributed by atoms with Gasteiger partial charge < -0.3 is 15.1 Å². The lowest BCUT2D eigenvalue weighted by Gasteiger charge is -2.25. The predicted molar refractivity (Wildman–Crippen MR) is 136 cm³/mol. The molecule has 0 bridgehead atoms. The van der Waals surface area contributed by atoms with E-state index in [-0.39, 0.29) is 30.0 Å². The van der Waals surface area contributed by atoms with Crippen LogP contribution in [0.4, 0.5) is 0 Å². The Morgan fingerprint density at radius 1 is 1.29 bits per heavy atom. The first-order valence-electron chi connectivity index (χ1n) is 10.1. The average Bonchev–Trinajstić information content (AvgIpc) is 3.44. The Balaban J connectivity index is 0.00000272. The minimum absolute atomic E-state index is 0. The molecule has 31 heavy (non-hydrogen) atoms. The summed E-state index contributed by atoms with van der Waals surface area (Å²) in [4.78, 5) is 10.3. The van der Waals surface area contributed by atoms with Gasteiger partial charge in [-0.1, -0.05) is 11.6 Å². The van der Waals surface area contributed by atoms with Crippen molar-refractivity contribution in [2.45, 2.75) is 36.7 Å². The van der Waals surface area contributed by atoms with E-state index in [0.29, 0.717) is 6.54 Å². The molecule has 0 amide bonds. The number of aliphatic imine (C=N–C) groups is 1. The second kappa shape index (κ2) is 12.4. The molecule has 10 heteroatoms. The van der Waals surface area contributed by atoms with Crippen molar-refractivity contribution in [3.8, 4) is 0 Å². The van der Waals surface area contributed by atoms with Gasteiger partial charge in [-0.15, -0.1) is 35.7 Å². The number of halogens is 2. The minimum atomic E-state index is 0. The summed E-state index contributed by atoms with van der Waals surface area (Å²) in [5.74, 6) is 3.75. The SMILES string of the molecule is Clc1ccc(SCCNC(=NCCc2ccco2)NC2CCc3ncnn3C2)cc1.I. The highest BCUT2D eigenvalue weighted by molar-refractivity contribution is 14.0. The van der Waals surface area contributed by atoms with Crippen LogP contribution in [0.2, 0.25) is 5.02 Å². The second-order valence-corrected chi connectivity index (χ2v) is 8.63. The highest BCUT2D eigenvalue weighted by Gasteiger charge is 2.20. The molecule has 1 aliphatic rings. The number of hydrogen-bond acceptors (Lipinski definition) is 5. The van der Waals surface area contributed by atoms with Crippen LogP contribution in [0, 0.1) is 0 Å². The van der Waals surface area contributed by atoms with Gasteiger partial charge in [0.15, 0.2) is 5.96 Å². The van der Waals surface area contributed by atoms with E-state index in [4.69, 9.17) is 21.0 Å². The van der Waals surface area contributed by atoms with Crippen molar-refractivity contribution in [1.29, 1.82) is 0 Å². The largest absolute Gasteiger partial charge is 0.469 e. The number of aryl methyl sites for hydroxylation is 1. The number of furan rings is 1. The Bertz CT molecular complexity index is 947. The van der Waals surface area contributed by atoms with E-state index in [1.54, 1.807) is 24.4 Å². The van der Waals surface area contributed by atoms with Crippen LogP contribution in [0.1, 0.15) is 18.0 Å². The zero-order valence-electron chi connectivity index (χ0n) is 17.0. The Morgan fingerprint density at radius 2 is 2.16 bits per heavy atom. The maximum Gasteiger partial charge on any atom is 0.191 e. The fraction of sp³-hybridized carbons (Fsp3) is 0.381. The number of benzene rings is 1. The third-order valence-electron chi connectivity index (χ3n) is 4.83. The van der Waals surface area contributed by atoms with E-state index in [0.717, 1.165) is 60.7 Å². The van der Waals surface area contributed by atoms with Crippen LogP contribution in [-0.4, -0.2) is 45.6 Å². The monoisotopic (exact) mass is 572 g/mol. The third-order valence-corrected chi connectivity index (χ3v) is 6.10. The van der Waals surface area contributed by atoms with Gasteiger partial charge in [0.25, 0.3) is 0 Å². The molecule has 2 N–H and O–H groups in total. The minimum Gasteiger partial charge on any atom is -0.469 e. The summed E-state index contributed by atoms with van der Waals surface area (Å²) in [6, 6.07) is 12.1. The molecule has 3 aromatic rings. The van der Waals surface area contributed by atoms with E-state index in [2.05, 4.69) is 20.7 Å². The molecule has 1 aliphatic heterocycles. The quantitative estimate of drug-likeness (QED) is 0.140. The third kappa shape index (κ3) is 7.43. The molecular weight excluding hydrogens is 547 g/mol. The van der Waals surface area contributed by atoms with Crippen molar-refractivity contribution < 1.29 is 4.42 Å². The molecule has 3 heterocycles. The first-order valence-corrected chi connectivity index (χ1v) is 11.4. The molecule has 166 valence electrons. The molecule has 0 aliphatic carbocycles. The van der Waals surface area contributed by atoms with Gasteiger partial charge >= 0.3 is 0 Å². The Morgan fingerprint density at radius 3 is 2.97 bits per heavy atom. The summed E-state index contributed by atoms with van der Waals surface area (Å²) in [5, 5.41) is 12.1. The molecule has 4 rings (SSSR count). The van der Waals surface area contributed by atoms with Crippen LogP contribution in [0.5, 0.6) is 0 Å². The Kier molecular flexibility index (Phi) is 9.54. The van der Waals surface area contributed by atoms with Gasteiger partial charge in [0.1, 0.15) is 17.9 Å². The number of guanidine groups is 1. The highest BCUT2D eigenvalue weighted by atomic mass is 127. The Hall–Kier alpha value is -1.72. The van der Waals surface area contributed by atoms with Crippen molar-refractivity contribution >= 4 is 53.3 Å². The van der Waals surface area contributed by atoms with E-state index >= 15 is 0 Å². The topological polar surface area (TPSA) is 80.3 Å². The number of nitrogens with zero attached hydrogens (tertiary/aromatic N) is 4. The molecule has 7 nitrogen and oxygen atoms in total. The van der Waals surface area contributed by atoms with E-state index in [9.17, 15) is 0 Å². The number of nitrogens with one attached hydrogen (secondary N) is 2. The molecule has 0 saturated heterocycles. The lowest BCUT2D eigenvalue weighted by molar-refractivity contribution is 0.392. The molecule has 2 aromatic heterocycles. The van der Waals surface area contributed by atoms with Crippen LogP contribution >= 0.6 is 47.3 Å². The lowest BCUT2D eigenvalue weighted by atomic mass is 10.1. The van der Waals surface area contributed by atoms with Crippen LogP contribution in [-0.2, 0) is 19.4 Å². The van der Waals surface area contributed by atoms with Gasteiger partial charge in [-0.05, 0) is 42.8 Å². The molecule has 0 radical (unpaired) electrons. The van der Waals surface area contributed by atoms with Crippen LogP contribution in [0.25, 0.3) is 0 Å². The maximum absolute atomic E-state index is 5.95. The summed E-state index contributed by atoms with van der Waals surface area (Å²) in [6.07, 6.45) is 6.03. The van der Waals surface area contributed by atoms with Crippen molar-refractivity contribution in [2.75, 3.05) is 18.8 Å². The molecule has 1 atom stereocenters. The highest BCUT2D eigenvalue weighted by Crippen LogP contribution is 2.19. The van der Waals surface area contributed by atoms with Crippen LogP contribution in [0.3, 0.4) is 0 Å². The first-order chi connectivity index (χ1) is 14.8. The van der Waals surface area contributed by atoms with E-state index in [1.165, 1.54) is 4.90 Å². The van der Waals surface area contributed by atoms with Crippen LogP contribution in [0.15, 0.2) is 63.3 Å². The van der Waals surface area contributed by atoms with Gasteiger partial charge in [0.05, 0.1) is 12.8 Å². The molecule has 0 saturated carbocycles. The number of hydrogen-bond donors (Lipinski definition) is 2. The summed E-state index contributed by atoms with van der Waals surface area (Å²) >= 11 is 7.74. The first kappa shape index (κ1) is 23.9. The van der Waals surface area contributed by atoms with E-state index < -0.39 is 0 Å². The predicted octanol–water partition coefficient (Wildman–Crippen LogP) is 4.03. The number of thioether (sulfide) groups is 1. The summed E-state index contributed by atoms with van der Waals surface area (Å²) in [6.45, 7) is 2.27. The molecule has 0 fully saturated rings. The number of fused-ring (bicyclic) bond motifs is 1. The fourth-order valence-electron chi connectivity index (χ4n) is 3.30. The van der Waals surface area contributed by atoms with Gasteiger partial charge in [0.2, 0.25) is 0 Å². The van der Waals surface area contributed by atoms with Crippen molar-refractivity contribution in [2.24, 2.45) is 4.99 Å². The molecule has 0 spiro atoms. The van der Waals surface area contributed by atoms with Crippen molar-refractivity contribution in [1.82, 2.24) is 25.4 Å². The van der Waals surface area contributed by atoms with Gasteiger partial charge in [-0.25, -0.2) is 9.67 Å². The molecule has 1 unspecified atom stereocenters. The lowest BCUT2D eigenvalue weighted by Crippen LogP contribution is -2.47. The average molecular weight is 573 g/mol. The van der Waals surface area contributed by atoms with Crippen molar-refractivity contribution in [3.05, 3.63) is 65.6 Å². The zero-order chi connectivity index (χ0) is 20.6. The van der Waals surface area contributed by atoms with Gasteiger partial charge in [-0.2, -0.15) is 5.10 Å². The zero-order valence-corrected chi connectivity index (χ0v) is 20.9. The standard InChI is InChI=1S/C21H25ClN6OS.HI/c22-16-3-6-19(7-4-16)30-13-11-24-21(23-10-9-18-2-1-12-29-18)27-17-5-8-20-25-15-26-28(20)14-17;/h1-4,6-7,12,15,17H,5,8-11,13-14H2,(H2,23,24,27);1H. The normalized spacial score (nSPS) is 15.8. The number of rotatable bonds is 8. The Labute approximate surface area is 208 Å². The number of aromatic nitrogens is 3. The molecular formula is C21H26ClIN6OS. The summed E-state index contributed by atoms with van der Waals surface area (Å²) < 4.78 is 7.38. The van der Waals surface area contributed by atoms with Crippen molar-refractivity contribution in [3.63, 3.8) is 0 Å².